The summed E-state index contributed by atoms with van der Waals surface area (Å²) >= 11 is 0. The molecule has 4 heterocycles. The molecular weight excluding hydrogens is 369 g/mol. The predicted octanol–water partition coefficient (Wildman–Crippen LogP) is 4.38. The topological polar surface area (TPSA) is 77.7 Å². The molecule has 0 saturated carbocycles. The maximum atomic E-state index is 14.3. The number of hydrogen-bond donors (Lipinski definition) is 2. The minimum atomic E-state index is -0.268. The van der Waals surface area contributed by atoms with Crippen LogP contribution in [0.4, 0.5) is 4.39 Å². The van der Waals surface area contributed by atoms with Crippen molar-refractivity contribution in [3.63, 3.8) is 0 Å². The number of fused-ring (bicyclic) bond motifs is 1. The van der Waals surface area contributed by atoms with Gasteiger partial charge in [-0.05, 0) is 44.0 Å². The van der Waals surface area contributed by atoms with Gasteiger partial charge in [0, 0.05) is 28.8 Å². The first-order valence-corrected chi connectivity index (χ1v) is 9.67. The molecule has 0 radical (unpaired) electrons. The first kappa shape index (κ1) is 17.6. The number of nitrogens with zero attached hydrogens (tertiary/aromatic N) is 3. The summed E-state index contributed by atoms with van der Waals surface area (Å²) in [5, 5.41) is 7.81. The molecule has 1 aliphatic heterocycles. The molecule has 3 aromatic heterocycles. The second kappa shape index (κ2) is 6.84. The molecule has 29 heavy (non-hydrogen) atoms. The molecule has 5 rings (SSSR count). The van der Waals surface area contributed by atoms with Crippen LogP contribution in [-0.2, 0) is 0 Å². The van der Waals surface area contributed by atoms with Gasteiger partial charge in [-0.3, -0.25) is 9.89 Å². The van der Waals surface area contributed by atoms with Gasteiger partial charge in [0.1, 0.15) is 17.2 Å². The number of aryl methyl sites for hydroxylation is 1. The van der Waals surface area contributed by atoms with Crippen molar-refractivity contribution in [1.82, 2.24) is 25.1 Å². The molecule has 1 atom stereocenters. The van der Waals surface area contributed by atoms with E-state index in [0.717, 1.165) is 35.2 Å². The van der Waals surface area contributed by atoms with Crippen LogP contribution in [0.2, 0.25) is 0 Å². The maximum Gasteiger partial charge on any atom is 0.270 e. The SMILES string of the molecule is Cc1[nH]ncc1-c1ccc2cc(C(=O)N3CCCC3c3ccccc3F)[nH]c2n1. The predicted molar refractivity (Wildman–Crippen MR) is 108 cm³/mol. The lowest BCUT2D eigenvalue weighted by molar-refractivity contribution is 0.0728. The van der Waals surface area contributed by atoms with E-state index in [1.54, 1.807) is 23.2 Å². The number of hydrogen-bond acceptors (Lipinski definition) is 3. The van der Waals surface area contributed by atoms with E-state index in [1.165, 1.54) is 6.07 Å². The molecule has 6 nitrogen and oxygen atoms in total. The van der Waals surface area contributed by atoms with Crippen LogP contribution in [0.15, 0.2) is 48.7 Å². The Morgan fingerprint density at radius 2 is 2.10 bits per heavy atom. The highest BCUT2D eigenvalue weighted by molar-refractivity contribution is 5.98. The van der Waals surface area contributed by atoms with Gasteiger partial charge in [0.2, 0.25) is 0 Å². The molecule has 1 saturated heterocycles. The number of amides is 1. The van der Waals surface area contributed by atoms with Crippen LogP contribution in [0, 0.1) is 12.7 Å². The normalized spacial score (nSPS) is 16.6. The van der Waals surface area contributed by atoms with Gasteiger partial charge in [-0.2, -0.15) is 5.10 Å². The summed E-state index contributed by atoms with van der Waals surface area (Å²) in [4.78, 5) is 22.8. The van der Waals surface area contributed by atoms with Crippen molar-refractivity contribution >= 4 is 16.9 Å². The van der Waals surface area contributed by atoms with E-state index in [4.69, 9.17) is 0 Å². The number of halogens is 1. The third-order valence-electron chi connectivity index (χ3n) is 5.59. The largest absolute Gasteiger partial charge is 0.335 e. The summed E-state index contributed by atoms with van der Waals surface area (Å²) in [6.07, 6.45) is 3.35. The summed E-state index contributed by atoms with van der Waals surface area (Å²) < 4.78 is 14.3. The third-order valence-corrected chi connectivity index (χ3v) is 5.59. The van der Waals surface area contributed by atoms with Gasteiger partial charge in [-0.15, -0.1) is 0 Å². The summed E-state index contributed by atoms with van der Waals surface area (Å²) in [7, 11) is 0. The number of aromatic nitrogens is 4. The number of rotatable bonds is 3. The highest BCUT2D eigenvalue weighted by Crippen LogP contribution is 2.34. The third kappa shape index (κ3) is 2.99. The van der Waals surface area contributed by atoms with E-state index in [9.17, 15) is 9.18 Å². The lowest BCUT2D eigenvalue weighted by Crippen LogP contribution is -2.31. The minimum absolute atomic E-state index is 0.130. The Hall–Kier alpha value is -3.48. The zero-order chi connectivity index (χ0) is 20.0. The van der Waals surface area contributed by atoms with E-state index in [2.05, 4.69) is 20.2 Å². The Morgan fingerprint density at radius 1 is 1.24 bits per heavy atom. The molecule has 7 heteroatoms. The molecule has 1 aliphatic rings. The Labute approximate surface area is 166 Å². The summed E-state index contributed by atoms with van der Waals surface area (Å²) in [5.74, 6) is -0.398. The van der Waals surface area contributed by atoms with Gasteiger partial charge in [-0.25, -0.2) is 9.37 Å². The summed E-state index contributed by atoms with van der Waals surface area (Å²) in [6.45, 7) is 2.55. The number of nitrogens with one attached hydrogen (secondary N) is 2. The number of carbonyl (C=O) groups is 1. The average Bonchev–Trinajstić information content (AvgIpc) is 3.46. The van der Waals surface area contributed by atoms with Crippen molar-refractivity contribution in [1.29, 1.82) is 0 Å². The quantitative estimate of drug-likeness (QED) is 0.546. The van der Waals surface area contributed by atoms with Crippen LogP contribution < -0.4 is 0 Å². The zero-order valence-electron chi connectivity index (χ0n) is 15.9. The van der Waals surface area contributed by atoms with E-state index in [-0.39, 0.29) is 17.8 Å². The number of benzene rings is 1. The van der Waals surface area contributed by atoms with Crippen molar-refractivity contribution < 1.29 is 9.18 Å². The molecule has 0 aliphatic carbocycles. The fraction of sp³-hybridized carbons (Fsp3) is 0.227. The standard InChI is InChI=1S/C22H20FN5O/c1-13-16(12-24-27-13)18-9-8-14-11-19(26-21(14)25-18)22(29)28-10-4-7-20(28)15-5-2-3-6-17(15)23/h2-3,5-6,8-9,11-12,20H,4,7,10H2,1H3,(H,24,27)(H,25,26). The van der Waals surface area contributed by atoms with E-state index < -0.39 is 0 Å². The van der Waals surface area contributed by atoms with E-state index in [0.29, 0.717) is 23.4 Å². The number of carbonyl (C=O) groups excluding carboxylic acids is 1. The molecule has 146 valence electrons. The lowest BCUT2D eigenvalue weighted by Gasteiger charge is -2.25. The van der Waals surface area contributed by atoms with Crippen LogP contribution in [0.5, 0.6) is 0 Å². The average molecular weight is 389 g/mol. The molecule has 1 unspecified atom stereocenters. The van der Waals surface area contributed by atoms with Crippen molar-refractivity contribution in [2.75, 3.05) is 6.54 Å². The van der Waals surface area contributed by atoms with Crippen LogP contribution in [0.3, 0.4) is 0 Å². The Bertz CT molecular complexity index is 1210. The molecular formula is C22H20FN5O. The second-order valence-corrected chi connectivity index (χ2v) is 7.40. The molecule has 4 aromatic rings. The van der Waals surface area contributed by atoms with Gasteiger partial charge in [-0.1, -0.05) is 18.2 Å². The van der Waals surface area contributed by atoms with Gasteiger partial charge < -0.3 is 9.88 Å². The van der Waals surface area contributed by atoms with Crippen molar-refractivity contribution in [3.05, 3.63) is 71.4 Å². The second-order valence-electron chi connectivity index (χ2n) is 7.40. The van der Waals surface area contributed by atoms with Gasteiger partial charge >= 0.3 is 0 Å². The van der Waals surface area contributed by atoms with Crippen LogP contribution in [0.25, 0.3) is 22.3 Å². The Balaban J connectivity index is 1.48. The van der Waals surface area contributed by atoms with E-state index >= 15 is 0 Å². The Morgan fingerprint density at radius 3 is 2.90 bits per heavy atom. The van der Waals surface area contributed by atoms with Crippen molar-refractivity contribution in [2.45, 2.75) is 25.8 Å². The highest BCUT2D eigenvalue weighted by Gasteiger charge is 2.32. The van der Waals surface area contributed by atoms with E-state index in [1.807, 2.05) is 31.2 Å². The fourth-order valence-corrected chi connectivity index (χ4v) is 4.11. The molecule has 0 spiro atoms. The zero-order valence-corrected chi connectivity index (χ0v) is 15.9. The van der Waals surface area contributed by atoms with Crippen molar-refractivity contribution in [2.24, 2.45) is 0 Å². The number of aromatic amines is 2. The highest BCUT2D eigenvalue weighted by atomic mass is 19.1. The molecule has 0 bridgehead atoms. The fourth-order valence-electron chi connectivity index (χ4n) is 4.11. The monoisotopic (exact) mass is 389 g/mol. The molecule has 2 N–H and O–H groups in total. The molecule has 1 amide bonds. The number of pyridine rings is 1. The molecule has 1 aromatic carbocycles. The first-order valence-electron chi connectivity index (χ1n) is 9.67. The smallest absolute Gasteiger partial charge is 0.270 e. The first-order chi connectivity index (χ1) is 14.1. The Kier molecular flexibility index (Phi) is 4.16. The van der Waals surface area contributed by atoms with Gasteiger partial charge in [0.05, 0.1) is 17.9 Å². The minimum Gasteiger partial charge on any atom is -0.335 e. The lowest BCUT2D eigenvalue weighted by atomic mass is 10.0. The number of likely N-dealkylation sites (tertiary alicyclic amines) is 1. The molecule has 1 fully saturated rings. The summed E-state index contributed by atoms with van der Waals surface area (Å²) in [5.41, 5.74) is 4.34. The van der Waals surface area contributed by atoms with Crippen LogP contribution in [0.1, 0.15) is 40.6 Å². The van der Waals surface area contributed by atoms with Crippen LogP contribution >= 0.6 is 0 Å². The van der Waals surface area contributed by atoms with Crippen LogP contribution in [-0.4, -0.2) is 37.5 Å². The van der Waals surface area contributed by atoms with Crippen molar-refractivity contribution in [3.8, 4) is 11.3 Å². The number of H-pyrrole nitrogens is 2. The maximum absolute atomic E-state index is 14.3. The van der Waals surface area contributed by atoms with Gasteiger partial charge in [0.25, 0.3) is 5.91 Å². The summed E-state index contributed by atoms with van der Waals surface area (Å²) in [6, 6.07) is 12.1. The van der Waals surface area contributed by atoms with Gasteiger partial charge in [0.15, 0.2) is 0 Å².